The van der Waals surface area contributed by atoms with Gasteiger partial charge < -0.3 is 0 Å². The molecule has 0 aromatic rings. The van der Waals surface area contributed by atoms with Crippen LogP contribution in [0.2, 0.25) is 0 Å². The Kier molecular flexibility index (Phi) is 2.63. The van der Waals surface area contributed by atoms with Gasteiger partial charge in [0.25, 0.3) is 0 Å². The molecule has 0 unspecified atom stereocenters. The summed E-state index contributed by atoms with van der Waals surface area (Å²) in [6.07, 6.45) is 5.73. The topological polar surface area (TPSA) is 34.1 Å². The highest BCUT2D eigenvalue weighted by molar-refractivity contribution is 8.13. The van der Waals surface area contributed by atoms with Gasteiger partial charge in [0, 0.05) is 10.7 Å². The van der Waals surface area contributed by atoms with E-state index in [1.165, 1.54) is 12.8 Å². The van der Waals surface area contributed by atoms with E-state index in [-0.39, 0.29) is 11.2 Å². The second kappa shape index (κ2) is 3.36. The van der Waals surface area contributed by atoms with Crippen molar-refractivity contribution in [3.8, 4) is 0 Å². The number of hydrogen-bond donors (Lipinski definition) is 0. The summed E-state index contributed by atoms with van der Waals surface area (Å²) in [6, 6.07) is 0. The second-order valence-electron chi connectivity index (χ2n) is 5.59. The maximum Gasteiger partial charge on any atom is 0.233 e. The molecule has 0 aliphatic heterocycles. The molecule has 4 heteroatoms. The first kappa shape index (κ1) is 11.7. The van der Waals surface area contributed by atoms with Crippen molar-refractivity contribution in [3.05, 3.63) is 0 Å². The fraction of sp³-hybridized carbons (Fsp3) is 1.00. The predicted molar refractivity (Wildman–Crippen MR) is 62.4 cm³/mol. The van der Waals surface area contributed by atoms with E-state index in [0.29, 0.717) is 5.41 Å². The molecule has 0 aromatic carbocycles. The lowest BCUT2D eigenvalue weighted by atomic mass is 9.32. The maximum absolute atomic E-state index is 11.0. The fourth-order valence-corrected chi connectivity index (χ4v) is 5.92. The zero-order valence-electron chi connectivity index (χ0n) is 9.42. The van der Waals surface area contributed by atoms with Crippen molar-refractivity contribution in [3.63, 3.8) is 0 Å². The van der Waals surface area contributed by atoms with Crippen molar-refractivity contribution in [2.45, 2.75) is 46.0 Å². The van der Waals surface area contributed by atoms with E-state index >= 15 is 0 Å². The molecule has 0 heterocycles. The first-order chi connectivity index (χ1) is 6.85. The van der Waals surface area contributed by atoms with Gasteiger partial charge in [-0.2, -0.15) is 0 Å². The summed E-state index contributed by atoms with van der Waals surface area (Å²) >= 11 is 0. The average Bonchev–Trinajstić information content (AvgIpc) is 1.97. The van der Waals surface area contributed by atoms with Crippen molar-refractivity contribution >= 4 is 19.7 Å². The molecule has 0 atom stereocenters. The summed E-state index contributed by atoms with van der Waals surface area (Å²) in [5.41, 5.74) is 0.564. The monoisotopic (exact) mass is 250 g/mol. The van der Waals surface area contributed by atoms with Gasteiger partial charge in [-0.05, 0) is 36.0 Å². The molecular weight excluding hydrogens is 232 g/mol. The van der Waals surface area contributed by atoms with E-state index in [4.69, 9.17) is 10.7 Å². The normalized spacial score (nSPS) is 38.7. The van der Waals surface area contributed by atoms with E-state index in [9.17, 15) is 8.42 Å². The van der Waals surface area contributed by atoms with Crippen LogP contribution in [0.4, 0.5) is 0 Å². The number of hydrogen-bond acceptors (Lipinski definition) is 2. The van der Waals surface area contributed by atoms with Crippen LogP contribution >= 0.6 is 10.7 Å². The van der Waals surface area contributed by atoms with Gasteiger partial charge in [-0.3, -0.25) is 0 Å². The zero-order chi connectivity index (χ0) is 11.3. The van der Waals surface area contributed by atoms with Gasteiger partial charge in [0.05, 0.1) is 5.75 Å². The molecule has 3 fully saturated rings. The first-order valence-electron chi connectivity index (χ1n) is 5.77. The molecule has 15 heavy (non-hydrogen) atoms. The molecule has 88 valence electrons. The van der Waals surface area contributed by atoms with Gasteiger partial charge in [-0.1, -0.05) is 26.7 Å². The molecule has 0 saturated heterocycles. The zero-order valence-corrected chi connectivity index (χ0v) is 11.0. The molecule has 2 bridgehead atoms. The summed E-state index contributed by atoms with van der Waals surface area (Å²) in [4.78, 5) is 0. The molecule has 0 N–H and O–H groups in total. The van der Waals surface area contributed by atoms with Crippen LogP contribution in [0, 0.1) is 16.7 Å². The van der Waals surface area contributed by atoms with Crippen LogP contribution in [0.15, 0.2) is 0 Å². The Morgan fingerprint density at radius 2 is 1.67 bits per heavy atom. The average molecular weight is 251 g/mol. The van der Waals surface area contributed by atoms with E-state index < -0.39 is 9.05 Å². The summed E-state index contributed by atoms with van der Waals surface area (Å²) in [5, 5.41) is 0. The summed E-state index contributed by atoms with van der Waals surface area (Å²) in [7, 11) is 2.02. The van der Waals surface area contributed by atoms with Crippen molar-refractivity contribution < 1.29 is 8.42 Å². The SMILES string of the molecule is CCC(CC)C12CC(CS(=O)(=O)Cl)(C1)C2. The Morgan fingerprint density at radius 1 is 1.20 bits per heavy atom. The molecule has 2 nitrogen and oxygen atoms in total. The number of rotatable bonds is 5. The Labute approximate surface area is 96.8 Å². The van der Waals surface area contributed by atoms with Gasteiger partial charge in [-0.15, -0.1) is 0 Å². The highest BCUT2D eigenvalue weighted by Crippen LogP contribution is 2.77. The molecule has 0 spiro atoms. The van der Waals surface area contributed by atoms with Crippen LogP contribution in [0.1, 0.15) is 46.0 Å². The largest absolute Gasteiger partial charge is 0.233 e. The Hall–Kier alpha value is 0.240. The van der Waals surface area contributed by atoms with E-state index in [2.05, 4.69) is 13.8 Å². The lowest BCUT2D eigenvalue weighted by molar-refractivity contribution is -0.223. The van der Waals surface area contributed by atoms with E-state index in [1.807, 2.05) is 0 Å². The minimum Gasteiger partial charge on any atom is -0.212 e. The van der Waals surface area contributed by atoms with Crippen LogP contribution in [0.5, 0.6) is 0 Å². The van der Waals surface area contributed by atoms with Gasteiger partial charge in [0.15, 0.2) is 0 Å². The fourth-order valence-electron chi connectivity index (χ4n) is 4.19. The second-order valence-corrected chi connectivity index (χ2v) is 8.37. The van der Waals surface area contributed by atoms with Crippen molar-refractivity contribution in [2.75, 3.05) is 5.75 Å². The quantitative estimate of drug-likeness (QED) is 0.703. The van der Waals surface area contributed by atoms with Crippen LogP contribution in [-0.2, 0) is 9.05 Å². The highest BCUT2D eigenvalue weighted by atomic mass is 35.7. The Morgan fingerprint density at radius 3 is 2.00 bits per heavy atom. The smallest absolute Gasteiger partial charge is 0.212 e. The summed E-state index contributed by atoms with van der Waals surface area (Å²) in [5.74, 6) is 0.987. The molecule has 0 aromatic heterocycles. The molecular formula is C11H19ClO2S. The molecule has 3 saturated carbocycles. The molecule has 0 amide bonds. The van der Waals surface area contributed by atoms with Crippen LogP contribution in [0.3, 0.4) is 0 Å². The van der Waals surface area contributed by atoms with Crippen LogP contribution in [-0.4, -0.2) is 14.2 Å². The third kappa shape index (κ3) is 1.82. The lowest BCUT2D eigenvalue weighted by Gasteiger charge is -2.73. The Bertz CT molecular complexity index is 337. The Balaban J connectivity index is 1.95. The highest BCUT2D eigenvalue weighted by Gasteiger charge is 2.69. The first-order valence-corrected chi connectivity index (χ1v) is 8.25. The van der Waals surface area contributed by atoms with Crippen molar-refractivity contribution in [2.24, 2.45) is 16.7 Å². The molecule has 0 radical (unpaired) electrons. The third-order valence-electron chi connectivity index (χ3n) is 4.51. The minimum atomic E-state index is -3.30. The lowest BCUT2D eigenvalue weighted by Crippen LogP contribution is -2.66. The van der Waals surface area contributed by atoms with Gasteiger partial charge >= 0.3 is 0 Å². The van der Waals surface area contributed by atoms with Crippen molar-refractivity contribution in [1.29, 1.82) is 0 Å². The summed E-state index contributed by atoms with van der Waals surface area (Å²) < 4.78 is 22.1. The van der Waals surface area contributed by atoms with Crippen molar-refractivity contribution in [1.82, 2.24) is 0 Å². The standard InChI is InChI=1S/C11H19ClO2S/c1-3-9(4-2)11-5-10(6-11,7-11)8-15(12,13)14/h9H,3-8H2,1-2H3. The molecule has 3 aliphatic rings. The van der Waals surface area contributed by atoms with Crippen LogP contribution in [0.25, 0.3) is 0 Å². The minimum absolute atomic E-state index is 0.0726. The maximum atomic E-state index is 11.0. The number of halogens is 1. The van der Waals surface area contributed by atoms with Gasteiger partial charge in [0.2, 0.25) is 9.05 Å². The summed E-state index contributed by atoms with van der Waals surface area (Å²) in [6.45, 7) is 4.47. The molecule has 3 rings (SSSR count). The third-order valence-corrected chi connectivity index (χ3v) is 5.80. The van der Waals surface area contributed by atoms with Gasteiger partial charge in [-0.25, -0.2) is 8.42 Å². The van der Waals surface area contributed by atoms with Gasteiger partial charge in [0.1, 0.15) is 0 Å². The van der Waals surface area contributed by atoms with E-state index in [1.54, 1.807) is 0 Å². The molecule has 3 aliphatic carbocycles. The van der Waals surface area contributed by atoms with E-state index in [0.717, 1.165) is 25.2 Å². The van der Waals surface area contributed by atoms with Crippen LogP contribution < -0.4 is 0 Å². The predicted octanol–water partition coefficient (Wildman–Crippen LogP) is 3.16.